The van der Waals surface area contributed by atoms with E-state index in [2.05, 4.69) is 10.4 Å². The lowest BCUT2D eigenvalue weighted by atomic mass is 10.1. The average molecular weight is 299 g/mol. The number of hydrogen-bond donors (Lipinski definition) is 1. The zero-order valence-corrected chi connectivity index (χ0v) is 13.0. The minimum Gasteiger partial charge on any atom is -0.344 e. The minimum atomic E-state index is -0.276. The Morgan fingerprint density at radius 3 is 2.64 bits per heavy atom. The van der Waals surface area contributed by atoms with Crippen LogP contribution in [0.15, 0.2) is 47.3 Å². The molecule has 1 heterocycles. The molecule has 22 heavy (non-hydrogen) atoms. The van der Waals surface area contributed by atoms with Crippen molar-refractivity contribution in [3.63, 3.8) is 0 Å². The number of hydrogen-bond acceptors (Lipinski definition) is 3. The van der Waals surface area contributed by atoms with E-state index in [4.69, 9.17) is 0 Å². The van der Waals surface area contributed by atoms with E-state index >= 15 is 0 Å². The Morgan fingerprint density at radius 2 is 1.95 bits per heavy atom. The van der Waals surface area contributed by atoms with Crippen molar-refractivity contribution >= 4 is 5.91 Å². The van der Waals surface area contributed by atoms with E-state index in [0.717, 1.165) is 18.4 Å². The van der Waals surface area contributed by atoms with E-state index in [1.165, 1.54) is 16.8 Å². The summed E-state index contributed by atoms with van der Waals surface area (Å²) in [6, 6.07) is 12.5. The quantitative estimate of drug-likeness (QED) is 0.891. The number of rotatable bonds is 6. The topological polar surface area (TPSA) is 64.0 Å². The van der Waals surface area contributed by atoms with Crippen molar-refractivity contribution < 1.29 is 4.79 Å². The highest BCUT2D eigenvalue weighted by atomic mass is 16.2. The van der Waals surface area contributed by atoms with Gasteiger partial charge < -0.3 is 5.32 Å². The number of benzene rings is 1. The van der Waals surface area contributed by atoms with Crippen LogP contribution in [0.5, 0.6) is 0 Å². The maximum absolute atomic E-state index is 12.3. The van der Waals surface area contributed by atoms with Gasteiger partial charge in [-0.15, -0.1) is 0 Å². The van der Waals surface area contributed by atoms with Crippen LogP contribution in [-0.4, -0.2) is 15.7 Å². The van der Waals surface area contributed by atoms with Gasteiger partial charge in [0.1, 0.15) is 5.69 Å². The van der Waals surface area contributed by atoms with Crippen molar-refractivity contribution in [2.75, 3.05) is 0 Å². The van der Waals surface area contributed by atoms with Crippen molar-refractivity contribution in [3.05, 3.63) is 64.1 Å². The van der Waals surface area contributed by atoms with Gasteiger partial charge in [-0.2, -0.15) is 5.10 Å². The SMILES string of the molecule is CCCCn1nc(C(=O)N[C@H](C)c2ccccc2)ccc1=O. The first kappa shape index (κ1) is 15.9. The molecule has 5 nitrogen and oxygen atoms in total. The number of aryl methyl sites for hydroxylation is 1. The van der Waals surface area contributed by atoms with Crippen molar-refractivity contribution in [1.29, 1.82) is 0 Å². The van der Waals surface area contributed by atoms with E-state index in [1.807, 2.05) is 44.2 Å². The van der Waals surface area contributed by atoms with Crippen LogP contribution in [0.4, 0.5) is 0 Å². The predicted octanol–water partition coefficient (Wildman–Crippen LogP) is 2.53. The van der Waals surface area contributed by atoms with Crippen LogP contribution in [0.3, 0.4) is 0 Å². The average Bonchev–Trinajstić information content (AvgIpc) is 2.54. The standard InChI is InChI=1S/C17H21N3O2/c1-3-4-12-20-16(21)11-10-15(19-20)17(22)18-13(2)14-8-6-5-7-9-14/h5-11,13H,3-4,12H2,1-2H3,(H,18,22)/t13-/m1/s1. The highest BCUT2D eigenvalue weighted by molar-refractivity contribution is 5.92. The van der Waals surface area contributed by atoms with Gasteiger partial charge in [-0.05, 0) is 25.0 Å². The normalized spacial score (nSPS) is 11.9. The summed E-state index contributed by atoms with van der Waals surface area (Å²) in [5, 5.41) is 7.05. The molecule has 0 aliphatic heterocycles. The Bertz CT molecular complexity index is 680. The smallest absolute Gasteiger partial charge is 0.272 e. The van der Waals surface area contributed by atoms with Gasteiger partial charge in [0.15, 0.2) is 0 Å². The van der Waals surface area contributed by atoms with Crippen LogP contribution < -0.4 is 10.9 Å². The molecule has 1 atom stereocenters. The third-order valence-corrected chi connectivity index (χ3v) is 3.47. The summed E-state index contributed by atoms with van der Waals surface area (Å²) in [7, 11) is 0. The van der Waals surface area contributed by atoms with Gasteiger partial charge >= 0.3 is 0 Å². The third kappa shape index (κ3) is 4.04. The fourth-order valence-corrected chi connectivity index (χ4v) is 2.13. The molecule has 1 N–H and O–H groups in total. The largest absolute Gasteiger partial charge is 0.344 e. The molecule has 0 radical (unpaired) electrons. The molecule has 0 saturated heterocycles. The highest BCUT2D eigenvalue weighted by Crippen LogP contribution is 2.11. The molecule has 0 aliphatic rings. The molecule has 0 spiro atoms. The van der Waals surface area contributed by atoms with Gasteiger partial charge in [0.25, 0.3) is 11.5 Å². The van der Waals surface area contributed by atoms with Crippen LogP contribution in [0.25, 0.3) is 0 Å². The molecule has 2 rings (SSSR count). The summed E-state index contributed by atoms with van der Waals surface area (Å²) < 4.78 is 1.35. The molecule has 1 aromatic carbocycles. The number of carbonyl (C=O) groups is 1. The maximum Gasteiger partial charge on any atom is 0.272 e. The zero-order valence-electron chi connectivity index (χ0n) is 13.0. The van der Waals surface area contributed by atoms with Crippen molar-refractivity contribution in [2.24, 2.45) is 0 Å². The lowest BCUT2D eigenvalue weighted by Crippen LogP contribution is -2.31. The van der Waals surface area contributed by atoms with E-state index in [1.54, 1.807) is 0 Å². The summed E-state index contributed by atoms with van der Waals surface area (Å²) in [6.45, 7) is 4.49. The molecular weight excluding hydrogens is 278 g/mol. The first-order valence-corrected chi connectivity index (χ1v) is 7.55. The molecule has 0 fully saturated rings. The van der Waals surface area contributed by atoms with Crippen LogP contribution in [0.1, 0.15) is 48.8 Å². The molecule has 1 aromatic heterocycles. The Morgan fingerprint density at radius 1 is 1.23 bits per heavy atom. The molecule has 2 aromatic rings. The fraction of sp³-hybridized carbons (Fsp3) is 0.353. The number of nitrogens with zero attached hydrogens (tertiary/aromatic N) is 2. The molecule has 5 heteroatoms. The summed E-state index contributed by atoms with van der Waals surface area (Å²) in [5.74, 6) is -0.276. The molecule has 0 aliphatic carbocycles. The molecule has 1 amide bonds. The van der Waals surface area contributed by atoms with Gasteiger partial charge in [0.05, 0.1) is 6.04 Å². The number of nitrogens with one attached hydrogen (secondary N) is 1. The summed E-state index contributed by atoms with van der Waals surface area (Å²) in [4.78, 5) is 24.0. The van der Waals surface area contributed by atoms with Crippen LogP contribution in [-0.2, 0) is 6.54 Å². The molecule has 116 valence electrons. The number of amides is 1. The predicted molar refractivity (Wildman–Crippen MR) is 85.7 cm³/mol. The summed E-state index contributed by atoms with van der Waals surface area (Å²) in [6.07, 6.45) is 1.83. The van der Waals surface area contributed by atoms with Crippen molar-refractivity contribution in [2.45, 2.75) is 39.3 Å². The van der Waals surface area contributed by atoms with Gasteiger partial charge in [0.2, 0.25) is 0 Å². The monoisotopic (exact) mass is 299 g/mol. The number of unbranched alkanes of at least 4 members (excludes halogenated alkanes) is 1. The Labute approximate surface area is 130 Å². The Balaban J connectivity index is 2.11. The number of aromatic nitrogens is 2. The third-order valence-electron chi connectivity index (χ3n) is 3.47. The summed E-state index contributed by atoms with van der Waals surface area (Å²) in [5.41, 5.74) is 1.11. The second kappa shape index (κ2) is 7.54. The van der Waals surface area contributed by atoms with Crippen molar-refractivity contribution in [1.82, 2.24) is 15.1 Å². The Hall–Kier alpha value is -2.43. The lowest BCUT2D eigenvalue weighted by molar-refractivity contribution is 0.0932. The molecule has 0 bridgehead atoms. The van der Waals surface area contributed by atoms with Gasteiger partial charge in [-0.3, -0.25) is 9.59 Å². The van der Waals surface area contributed by atoms with Gasteiger partial charge in [-0.25, -0.2) is 4.68 Å². The fourth-order valence-electron chi connectivity index (χ4n) is 2.13. The molecule has 0 saturated carbocycles. The zero-order chi connectivity index (χ0) is 15.9. The van der Waals surface area contributed by atoms with Crippen molar-refractivity contribution in [3.8, 4) is 0 Å². The maximum atomic E-state index is 12.3. The number of carbonyl (C=O) groups excluding carboxylic acids is 1. The first-order valence-electron chi connectivity index (χ1n) is 7.55. The Kier molecular flexibility index (Phi) is 5.47. The van der Waals surface area contributed by atoms with E-state index in [-0.39, 0.29) is 23.2 Å². The van der Waals surface area contributed by atoms with Crippen LogP contribution in [0, 0.1) is 0 Å². The van der Waals surface area contributed by atoms with Crippen LogP contribution >= 0.6 is 0 Å². The highest BCUT2D eigenvalue weighted by Gasteiger charge is 2.13. The van der Waals surface area contributed by atoms with Gasteiger partial charge in [-0.1, -0.05) is 43.7 Å². The molecule has 0 unspecified atom stereocenters. The summed E-state index contributed by atoms with van der Waals surface area (Å²) >= 11 is 0. The van der Waals surface area contributed by atoms with E-state index in [9.17, 15) is 9.59 Å². The van der Waals surface area contributed by atoms with Crippen LogP contribution in [0.2, 0.25) is 0 Å². The molecular formula is C17H21N3O2. The van der Waals surface area contributed by atoms with E-state index < -0.39 is 0 Å². The van der Waals surface area contributed by atoms with Gasteiger partial charge in [0, 0.05) is 12.6 Å². The minimum absolute atomic E-state index is 0.119. The second-order valence-electron chi connectivity index (χ2n) is 5.24. The second-order valence-corrected chi connectivity index (χ2v) is 5.24. The lowest BCUT2D eigenvalue weighted by Gasteiger charge is -2.14. The first-order chi connectivity index (χ1) is 10.6. The van der Waals surface area contributed by atoms with E-state index in [0.29, 0.717) is 6.54 Å².